The second kappa shape index (κ2) is 3.98. The van der Waals surface area contributed by atoms with E-state index in [2.05, 4.69) is 0 Å². The first-order chi connectivity index (χ1) is 7.56. The average Bonchev–Trinajstić information content (AvgIpc) is 2.33. The highest BCUT2D eigenvalue weighted by Crippen LogP contribution is 2.40. The third kappa shape index (κ3) is 1.55. The molecule has 0 amide bonds. The molecule has 0 radical (unpaired) electrons. The fourth-order valence-electron chi connectivity index (χ4n) is 2.25. The van der Waals surface area contributed by atoms with Crippen LogP contribution in [0.2, 0.25) is 0 Å². The molecule has 0 bridgehead atoms. The molecule has 1 unspecified atom stereocenters. The van der Waals surface area contributed by atoms with Crippen LogP contribution in [0.25, 0.3) is 0 Å². The van der Waals surface area contributed by atoms with Gasteiger partial charge in [-0.05, 0) is 43.9 Å². The molecule has 88 valence electrons. The van der Waals surface area contributed by atoms with Gasteiger partial charge >= 0.3 is 0 Å². The number of methoxy groups -OCH3 is 1. The summed E-state index contributed by atoms with van der Waals surface area (Å²) in [4.78, 5) is 0. The first kappa shape index (κ1) is 11.3. The van der Waals surface area contributed by atoms with Gasteiger partial charge < -0.3 is 14.6 Å². The molecule has 1 N–H and O–H groups in total. The molecule has 0 saturated carbocycles. The molecule has 1 aromatic carbocycles. The average molecular weight is 222 g/mol. The van der Waals surface area contributed by atoms with Crippen LogP contribution in [-0.2, 0) is 11.2 Å². The van der Waals surface area contributed by atoms with E-state index in [0.29, 0.717) is 5.75 Å². The number of ether oxygens (including phenoxy) is 2. The zero-order chi connectivity index (χ0) is 11.9. The topological polar surface area (TPSA) is 38.7 Å². The minimum Gasteiger partial charge on any atom is -0.507 e. The van der Waals surface area contributed by atoms with Crippen LogP contribution < -0.4 is 4.74 Å². The monoisotopic (exact) mass is 222 g/mol. The van der Waals surface area contributed by atoms with Gasteiger partial charge in [-0.2, -0.15) is 0 Å². The quantitative estimate of drug-likeness (QED) is 0.793. The second-order valence-corrected chi connectivity index (χ2v) is 4.35. The Balaban J connectivity index is 2.56. The van der Waals surface area contributed by atoms with Crippen molar-refractivity contribution in [3.05, 3.63) is 22.3 Å². The van der Waals surface area contributed by atoms with Crippen molar-refractivity contribution < 1.29 is 14.6 Å². The number of phenolic OH excluding ortho intramolecular Hbond substituents is 1. The molecule has 0 fully saturated rings. The molecule has 16 heavy (non-hydrogen) atoms. The zero-order valence-electron chi connectivity index (χ0n) is 10.3. The second-order valence-electron chi connectivity index (χ2n) is 4.35. The van der Waals surface area contributed by atoms with Crippen LogP contribution in [0.3, 0.4) is 0 Å². The maximum atomic E-state index is 9.98. The van der Waals surface area contributed by atoms with E-state index in [1.165, 1.54) is 0 Å². The van der Waals surface area contributed by atoms with E-state index in [0.717, 1.165) is 40.8 Å². The molecule has 0 spiro atoms. The van der Waals surface area contributed by atoms with Gasteiger partial charge in [0.2, 0.25) is 0 Å². The van der Waals surface area contributed by atoms with E-state index < -0.39 is 0 Å². The van der Waals surface area contributed by atoms with E-state index >= 15 is 0 Å². The predicted octanol–water partition coefficient (Wildman–Crippen LogP) is 2.61. The molecule has 0 aliphatic carbocycles. The van der Waals surface area contributed by atoms with Crippen molar-refractivity contribution in [3.8, 4) is 11.5 Å². The van der Waals surface area contributed by atoms with Crippen LogP contribution in [0.4, 0.5) is 0 Å². The smallest absolute Gasteiger partial charge is 0.199 e. The van der Waals surface area contributed by atoms with Gasteiger partial charge in [-0.15, -0.1) is 0 Å². The van der Waals surface area contributed by atoms with Crippen molar-refractivity contribution in [3.63, 3.8) is 0 Å². The fraction of sp³-hybridized carbons (Fsp3) is 0.538. The minimum atomic E-state index is -0.158. The predicted molar refractivity (Wildman–Crippen MR) is 62.1 cm³/mol. The largest absolute Gasteiger partial charge is 0.507 e. The van der Waals surface area contributed by atoms with Crippen LogP contribution in [-0.4, -0.2) is 18.5 Å². The number of phenols is 1. The number of benzene rings is 1. The van der Waals surface area contributed by atoms with Gasteiger partial charge in [-0.3, -0.25) is 0 Å². The molecular formula is C13H18O3. The Morgan fingerprint density at radius 2 is 1.88 bits per heavy atom. The maximum absolute atomic E-state index is 9.98. The van der Waals surface area contributed by atoms with Crippen LogP contribution in [0.5, 0.6) is 11.5 Å². The third-order valence-electron chi connectivity index (χ3n) is 3.48. The van der Waals surface area contributed by atoms with Gasteiger partial charge in [0, 0.05) is 19.1 Å². The molecule has 1 aliphatic heterocycles. The van der Waals surface area contributed by atoms with Crippen molar-refractivity contribution in [1.82, 2.24) is 0 Å². The van der Waals surface area contributed by atoms with Gasteiger partial charge in [-0.1, -0.05) is 0 Å². The van der Waals surface area contributed by atoms with Crippen LogP contribution in [0, 0.1) is 20.8 Å². The van der Waals surface area contributed by atoms with Crippen molar-refractivity contribution in [2.45, 2.75) is 39.9 Å². The Morgan fingerprint density at radius 3 is 2.50 bits per heavy atom. The Morgan fingerprint density at radius 1 is 1.19 bits per heavy atom. The highest BCUT2D eigenvalue weighted by Gasteiger charge is 2.25. The Hall–Kier alpha value is -1.22. The molecule has 1 heterocycles. The van der Waals surface area contributed by atoms with Crippen molar-refractivity contribution in [1.29, 1.82) is 0 Å². The van der Waals surface area contributed by atoms with E-state index in [4.69, 9.17) is 9.47 Å². The fourth-order valence-corrected chi connectivity index (χ4v) is 2.25. The summed E-state index contributed by atoms with van der Waals surface area (Å²) in [6.07, 6.45) is 1.58. The number of hydrogen-bond acceptors (Lipinski definition) is 3. The maximum Gasteiger partial charge on any atom is 0.199 e. The first-order valence-electron chi connectivity index (χ1n) is 5.57. The number of aromatic hydroxyl groups is 1. The SMILES string of the molecule is COC1CCc2c(C)c(O)c(C)c(C)c2O1. The summed E-state index contributed by atoms with van der Waals surface area (Å²) in [5, 5.41) is 9.98. The summed E-state index contributed by atoms with van der Waals surface area (Å²) in [6.45, 7) is 5.83. The van der Waals surface area contributed by atoms with Gasteiger partial charge in [0.25, 0.3) is 0 Å². The summed E-state index contributed by atoms with van der Waals surface area (Å²) in [5.74, 6) is 1.29. The molecule has 1 aliphatic rings. The molecular weight excluding hydrogens is 204 g/mol. The minimum absolute atomic E-state index is 0.158. The number of hydrogen-bond donors (Lipinski definition) is 1. The Kier molecular flexibility index (Phi) is 2.80. The molecule has 0 saturated heterocycles. The molecule has 2 rings (SSSR count). The lowest BCUT2D eigenvalue weighted by Gasteiger charge is -2.28. The summed E-state index contributed by atoms with van der Waals surface area (Å²) in [6, 6.07) is 0. The lowest BCUT2D eigenvalue weighted by Crippen LogP contribution is -2.25. The number of fused-ring (bicyclic) bond motifs is 1. The van der Waals surface area contributed by atoms with E-state index in [9.17, 15) is 5.11 Å². The number of rotatable bonds is 1. The third-order valence-corrected chi connectivity index (χ3v) is 3.48. The molecule has 3 nitrogen and oxygen atoms in total. The normalized spacial score (nSPS) is 19.1. The highest BCUT2D eigenvalue weighted by molar-refractivity contribution is 5.57. The van der Waals surface area contributed by atoms with Gasteiger partial charge in [-0.25, -0.2) is 0 Å². The molecule has 0 aromatic heterocycles. The summed E-state index contributed by atoms with van der Waals surface area (Å²) >= 11 is 0. The van der Waals surface area contributed by atoms with Crippen molar-refractivity contribution in [2.24, 2.45) is 0 Å². The van der Waals surface area contributed by atoms with Gasteiger partial charge in [0.15, 0.2) is 6.29 Å². The van der Waals surface area contributed by atoms with Gasteiger partial charge in [0.1, 0.15) is 11.5 Å². The van der Waals surface area contributed by atoms with Gasteiger partial charge in [0.05, 0.1) is 0 Å². The lowest BCUT2D eigenvalue weighted by atomic mass is 9.93. The van der Waals surface area contributed by atoms with Crippen LogP contribution in [0.15, 0.2) is 0 Å². The van der Waals surface area contributed by atoms with E-state index in [-0.39, 0.29) is 6.29 Å². The summed E-state index contributed by atoms with van der Waals surface area (Å²) in [5.41, 5.74) is 3.97. The molecule has 1 aromatic rings. The first-order valence-corrected chi connectivity index (χ1v) is 5.57. The molecule has 3 heteroatoms. The summed E-state index contributed by atoms with van der Waals surface area (Å²) in [7, 11) is 1.66. The molecule has 1 atom stereocenters. The Bertz CT molecular complexity index is 424. The highest BCUT2D eigenvalue weighted by atomic mass is 16.7. The summed E-state index contributed by atoms with van der Waals surface area (Å²) < 4.78 is 11.0. The van der Waals surface area contributed by atoms with Crippen LogP contribution in [0.1, 0.15) is 28.7 Å². The zero-order valence-corrected chi connectivity index (χ0v) is 10.3. The van der Waals surface area contributed by atoms with E-state index in [1.807, 2.05) is 20.8 Å². The van der Waals surface area contributed by atoms with Crippen LogP contribution >= 0.6 is 0 Å². The Labute approximate surface area is 96.0 Å². The van der Waals surface area contributed by atoms with Crippen molar-refractivity contribution in [2.75, 3.05) is 7.11 Å². The van der Waals surface area contributed by atoms with Crippen molar-refractivity contribution >= 4 is 0 Å². The van der Waals surface area contributed by atoms with E-state index in [1.54, 1.807) is 7.11 Å². The lowest BCUT2D eigenvalue weighted by molar-refractivity contribution is -0.0659. The standard InChI is InChI=1S/C13H18O3/c1-7-8(2)13-10(9(3)12(7)14)5-6-11(15-4)16-13/h11,14H,5-6H2,1-4H3.